The molecule has 3 atom stereocenters. The van der Waals surface area contributed by atoms with Gasteiger partial charge in [0.25, 0.3) is 0 Å². The maximum Gasteiger partial charge on any atom is 0.0335 e. The minimum Gasteiger partial charge on any atom is -0.329 e. The van der Waals surface area contributed by atoms with Gasteiger partial charge in [0, 0.05) is 36.2 Å². The van der Waals surface area contributed by atoms with Crippen molar-refractivity contribution in [1.29, 1.82) is 0 Å². The summed E-state index contributed by atoms with van der Waals surface area (Å²) >= 11 is 2.11. The molecule has 1 heterocycles. The van der Waals surface area contributed by atoms with Crippen LogP contribution in [-0.2, 0) is 0 Å². The second-order valence-electron chi connectivity index (χ2n) is 6.25. The van der Waals surface area contributed by atoms with Gasteiger partial charge in [0.15, 0.2) is 0 Å². The first-order chi connectivity index (χ1) is 8.72. The monoisotopic (exact) mass is 270 g/mol. The van der Waals surface area contributed by atoms with Crippen LogP contribution in [0.4, 0.5) is 0 Å². The zero-order chi connectivity index (χ0) is 13.0. The van der Waals surface area contributed by atoms with Crippen LogP contribution in [-0.4, -0.2) is 41.1 Å². The second-order valence-corrected chi connectivity index (χ2v) is 7.40. The van der Waals surface area contributed by atoms with E-state index in [0.29, 0.717) is 11.6 Å². The molecular weight excluding hydrogens is 240 g/mol. The Balaban J connectivity index is 2.08. The Morgan fingerprint density at radius 1 is 1.33 bits per heavy atom. The molecule has 0 amide bonds. The van der Waals surface area contributed by atoms with Crippen molar-refractivity contribution in [3.63, 3.8) is 0 Å². The van der Waals surface area contributed by atoms with E-state index in [1.165, 1.54) is 56.6 Å². The molecule has 0 aromatic carbocycles. The number of nitrogens with zero attached hydrogens (tertiary/aromatic N) is 1. The Labute approximate surface area is 117 Å². The first kappa shape index (κ1) is 14.7. The van der Waals surface area contributed by atoms with Gasteiger partial charge in [-0.05, 0) is 32.1 Å². The molecule has 106 valence electrons. The lowest BCUT2D eigenvalue weighted by molar-refractivity contribution is 0.0521. The second kappa shape index (κ2) is 6.62. The predicted molar refractivity (Wildman–Crippen MR) is 82.1 cm³/mol. The molecular formula is C15H30N2S. The van der Waals surface area contributed by atoms with Crippen LogP contribution in [0.25, 0.3) is 0 Å². The third kappa shape index (κ3) is 3.05. The normalized spacial score (nSPS) is 39.5. The van der Waals surface area contributed by atoms with Crippen LogP contribution in [0.2, 0.25) is 0 Å². The fourth-order valence-corrected chi connectivity index (χ4v) is 4.92. The molecule has 2 N–H and O–H groups in total. The number of rotatable bonds is 3. The van der Waals surface area contributed by atoms with Crippen LogP contribution in [0.3, 0.4) is 0 Å². The molecule has 1 saturated heterocycles. The van der Waals surface area contributed by atoms with Gasteiger partial charge < -0.3 is 5.73 Å². The predicted octanol–water partition coefficient (Wildman–Crippen LogP) is 3.11. The summed E-state index contributed by atoms with van der Waals surface area (Å²) in [5.74, 6) is 3.54. The summed E-state index contributed by atoms with van der Waals surface area (Å²) in [7, 11) is 0. The lowest BCUT2D eigenvalue weighted by Crippen LogP contribution is -2.59. The molecule has 3 heteroatoms. The Bertz CT molecular complexity index is 259. The van der Waals surface area contributed by atoms with Crippen molar-refractivity contribution < 1.29 is 0 Å². The van der Waals surface area contributed by atoms with Crippen LogP contribution in [0.1, 0.15) is 52.4 Å². The van der Waals surface area contributed by atoms with Gasteiger partial charge >= 0.3 is 0 Å². The van der Waals surface area contributed by atoms with E-state index in [1.807, 2.05) is 0 Å². The molecule has 2 aliphatic rings. The van der Waals surface area contributed by atoms with E-state index < -0.39 is 0 Å². The van der Waals surface area contributed by atoms with Gasteiger partial charge in [-0.3, -0.25) is 4.90 Å². The van der Waals surface area contributed by atoms with E-state index in [9.17, 15) is 0 Å². The van der Waals surface area contributed by atoms with Gasteiger partial charge in [0.1, 0.15) is 0 Å². The molecule has 0 radical (unpaired) electrons. The molecule has 0 aromatic heterocycles. The van der Waals surface area contributed by atoms with E-state index >= 15 is 0 Å². The van der Waals surface area contributed by atoms with Gasteiger partial charge in [-0.1, -0.05) is 26.2 Å². The fourth-order valence-electron chi connectivity index (χ4n) is 3.91. The minimum absolute atomic E-state index is 0.324. The number of thioether (sulfide) groups is 1. The van der Waals surface area contributed by atoms with E-state index in [0.717, 1.165) is 12.5 Å². The summed E-state index contributed by atoms with van der Waals surface area (Å²) < 4.78 is 0. The molecule has 2 rings (SSSR count). The lowest BCUT2D eigenvalue weighted by atomic mass is 9.86. The SMILES string of the molecule is CCC1CCCC(CN)(N2CCSCC2C)CC1. The summed E-state index contributed by atoms with van der Waals surface area (Å²) in [6, 6.07) is 0.713. The first-order valence-corrected chi connectivity index (χ1v) is 8.92. The van der Waals surface area contributed by atoms with Gasteiger partial charge in [0.2, 0.25) is 0 Å². The first-order valence-electron chi connectivity index (χ1n) is 7.76. The summed E-state index contributed by atoms with van der Waals surface area (Å²) in [6.07, 6.45) is 8.21. The smallest absolute Gasteiger partial charge is 0.0335 e. The van der Waals surface area contributed by atoms with E-state index in [1.54, 1.807) is 0 Å². The van der Waals surface area contributed by atoms with Crippen LogP contribution in [0, 0.1) is 5.92 Å². The Morgan fingerprint density at radius 3 is 2.83 bits per heavy atom. The van der Waals surface area contributed by atoms with Crippen LogP contribution in [0.15, 0.2) is 0 Å². The average molecular weight is 270 g/mol. The van der Waals surface area contributed by atoms with Crippen molar-refractivity contribution in [3.05, 3.63) is 0 Å². The molecule has 18 heavy (non-hydrogen) atoms. The molecule has 1 saturated carbocycles. The van der Waals surface area contributed by atoms with Gasteiger partial charge in [-0.25, -0.2) is 0 Å². The quantitative estimate of drug-likeness (QED) is 0.799. The zero-order valence-electron chi connectivity index (χ0n) is 12.2. The van der Waals surface area contributed by atoms with Crippen LogP contribution in [0.5, 0.6) is 0 Å². The average Bonchev–Trinajstić information content (AvgIpc) is 2.62. The lowest BCUT2D eigenvalue weighted by Gasteiger charge is -2.48. The van der Waals surface area contributed by atoms with Crippen molar-refractivity contribution in [3.8, 4) is 0 Å². The number of hydrogen-bond donors (Lipinski definition) is 1. The van der Waals surface area contributed by atoms with Crippen LogP contribution >= 0.6 is 11.8 Å². The Kier molecular flexibility index (Phi) is 5.40. The molecule has 0 aromatic rings. The van der Waals surface area contributed by atoms with Gasteiger partial charge in [-0.2, -0.15) is 11.8 Å². The summed E-state index contributed by atoms with van der Waals surface area (Å²) in [5, 5.41) is 0. The van der Waals surface area contributed by atoms with Crippen molar-refractivity contribution in [2.24, 2.45) is 11.7 Å². The van der Waals surface area contributed by atoms with Gasteiger partial charge in [0.05, 0.1) is 0 Å². The molecule has 0 bridgehead atoms. The highest BCUT2D eigenvalue weighted by Gasteiger charge is 2.40. The molecule has 1 aliphatic carbocycles. The molecule has 2 fully saturated rings. The maximum atomic E-state index is 6.24. The number of hydrogen-bond acceptors (Lipinski definition) is 3. The maximum absolute atomic E-state index is 6.24. The molecule has 0 spiro atoms. The zero-order valence-corrected chi connectivity index (χ0v) is 13.0. The minimum atomic E-state index is 0.324. The van der Waals surface area contributed by atoms with Crippen molar-refractivity contribution in [2.45, 2.75) is 64.0 Å². The van der Waals surface area contributed by atoms with E-state index in [-0.39, 0.29) is 0 Å². The Morgan fingerprint density at radius 2 is 2.17 bits per heavy atom. The summed E-state index contributed by atoms with van der Waals surface area (Å²) in [5.41, 5.74) is 6.56. The fraction of sp³-hybridized carbons (Fsp3) is 1.00. The number of nitrogens with two attached hydrogens (primary N) is 1. The summed E-state index contributed by atoms with van der Waals surface area (Å²) in [4.78, 5) is 2.77. The highest BCUT2D eigenvalue weighted by atomic mass is 32.2. The highest BCUT2D eigenvalue weighted by Crippen LogP contribution is 2.38. The Hall–Kier alpha value is 0.270. The van der Waals surface area contributed by atoms with E-state index in [2.05, 4.69) is 30.5 Å². The molecule has 1 aliphatic heterocycles. The molecule has 3 unspecified atom stereocenters. The standard InChI is InChI=1S/C15H30N2S/c1-3-14-5-4-7-15(12-16,8-6-14)17-9-10-18-11-13(17)2/h13-14H,3-12,16H2,1-2H3. The largest absolute Gasteiger partial charge is 0.329 e. The topological polar surface area (TPSA) is 29.3 Å². The highest BCUT2D eigenvalue weighted by molar-refractivity contribution is 7.99. The van der Waals surface area contributed by atoms with Crippen LogP contribution < -0.4 is 5.73 Å². The summed E-state index contributed by atoms with van der Waals surface area (Å²) in [6.45, 7) is 6.85. The van der Waals surface area contributed by atoms with E-state index in [4.69, 9.17) is 5.73 Å². The third-order valence-electron chi connectivity index (χ3n) is 5.21. The molecule has 2 nitrogen and oxygen atoms in total. The third-order valence-corrected chi connectivity index (χ3v) is 6.40. The van der Waals surface area contributed by atoms with Crippen molar-refractivity contribution >= 4 is 11.8 Å². The van der Waals surface area contributed by atoms with Gasteiger partial charge in [-0.15, -0.1) is 0 Å². The van der Waals surface area contributed by atoms with Crippen molar-refractivity contribution in [2.75, 3.05) is 24.6 Å². The van der Waals surface area contributed by atoms with Crippen molar-refractivity contribution in [1.82, 2.24) is 4.90 Å².